The molecule has 0 unspecified atom stereocenters. The van der Waals surface area contributed by atoms with Crippen LogP contribution in [0.25, 0.3) is 32.9 Å². The van der Waals surface area contributed by atoms with Crippen LogP contribution in [-0.2, 0) is 22.8 Å². The maximum atomic E-state index is 15.7. The van der Waals surface area contributed by atoms with Gasteiger partial charge in [-0.25, -0.2) is 17.8 Å². The number of aromatic nitrogens is 3. The Balaban J connectivity index is 1.40. The minimum atomic E-state index is -3.92. The Hall–Kier alpha value is -4.35. The quantitative estimate of drug-likeness (QED) is 0.265. The van der Waals surface area contributed by atoms with Gasteiger partial charge in [0.25, 0.3) is 5.56 Å². The van der Waals surface area contributed by atoms with Gasteiger partial charge in [-0.15, -0.1) is 0 Å². The third kappa shape index (κ3) is 5.50. The second-order valence-corrected chi connectivity index (χ2v) is 12.0. The van der Waals surface area contributed by atoms with Crippen LogP contribution in [0.2, 0.25) is 0 Å². The summed E-state index contributed by atoms with van der Waals surface area (Å²) in [4.78, 5) is 22.6. The highest BCUT2D eigenvalue weighted by molar-refractivity contribution is 7.91. The largest absolute Gasteiger partial charge is 0.350 e. The van der Waals surface area contributed by atoms with E-state index in [1.165, 1.54) is 10.6 Å². The minimum Gasteiger partial charge on any atom is -0.350 e. The number of fused-ring (bicyclic) bond motifs is 2. The molecule has 1 atom stereocenters. The average molecular weight is 573 g/mol. The zero-order valence-electron chi connectivity index (χ0n) is 22.4. The number of nitrogens with one attached hydrogen (secondary N) is 3. The number of sulfonamides is 1. The summed E-state index contributed by atoms with van der Waals surface area (Å²) >= 11 is 0. The SMILES string of the molecule is Cn1c(=O)c(-c2cc(F)c(NS(=O)(=O)Cc3ccccc3)c3ccccc23)cc2cnc(N[C@H]3CCCNC3)nc21. The lowest BCUT2D eigenvalue weighted by atomic mass is 9.97. The number of hydrogen-bond acceptors (Lipinski definition) is 7. The van der Waals surface area contributed by atoms with E-state index in [0.717, 1.165) is 25.9 Å². The van der Waals surface area contributed by atoms with Crippen molar-refractivity contribution in [1.82, 2.24) is 19.9 Å². The summed E-state index contributed by atoms with van der Waals surface area (Å²) in [5.74, 6) is -0.644. The summed E-state index contributed by atoms with van der Waals surface area (Å²) in [5.41, 5.74) is 1.13. The van der Waals surface area contributed by atoms with Crippen LogP contribution in [0.1, 0.15) is 18.4 Å². The molecule has 3 N–H and O–H groups in total. The van der Waals surface area contributed by atoms with Crippen molar-refractivity contribution in [3.8, 4) is 11.1 Å². The fourth-order valence-electron chi connectivity index (χ4n) is 5.32. The van der Waals surface area contributed by atoms with Gasteiger partial charge in [-0.2, -0.15) is 4.98 Å². The van der Waals surface area contributed by atoms with Gasteiger partial charge in [-0.05, 0) is 48.0 Å². The van der Waals surface area contributed by atoms with Gasteiger partial charge in [0, 0.05) is 42.2 Å². The number of anilines is 2. The highest BCUT2D eigenvalue weighted by atomic mass is 32.2. The molecule has 0 amide bonds. The third-order valence-electron chi connectivity index (χ3n) is 7.32. The lowest BCUT2D eigenvalue weighted by molar-refractivity contribution is 0.478. The van der Waals surface area contributed by atoms with Gasteiger partial charge in [-0.3, -0.25) is 14.1 Å². The van der Waals surface area contributed by atoms with Crippen LogP contribution in [0.15, 0.2) is 77.7 Å². The number of hydrogen-bond donors (Lipinski definition) is 3. The molecule has 0 saturated carbocycles. The average Bonchev–Trinajstić information content (AvgIpc) is 2.97. The van der Waals surface area contributed by atoms with Gasteiger partial charge in [-0.1, -0.05) is 54.6 Å². The molecule has 1 aliphatic rings. The Morgan fingerprint density at radius 1 is 1.05 bits per heavy atom. The van der Waals surface area contributed by atoms with Crippen molar-refractivity contribution in [2.24, 2.45) is 7.05 Å². The second kappa shape index (κ2) is 10.9. The van der Waals surface area contributed by atoms with Gasteiger partial charge in [0.05, 0.1) is 11.4 Å². The lowest BCUT2D eigenvalue weighted by Crippen LogP contribution is -2.38. The van der Waals surface area contributed by atoms with E-state index in [1.54, 1.807) is 73.9 Å². The first-order valence-electron chi connectivity index (χ1n) is 13.4. The fraction of sp³-hybridized carbons (Fsp3) is 0.233. The first-order chi connectivity index (χ1) is 19.8. The number of aryl methyl sites for hydroxylation is 1. The molecule has 0 spiro atoms. The first kappa shape index (κ1) is 26.9. The van der Waals surface area contributed by atoms with Crippen LogP contribution >= 0.6 is 0 Å². The Morgan fingerprint density at radius 3 is 2.56 bits per heavy atom. The van der Waals surface area contributed by atoms with Crippen molar-refractivity contribution in [2.45, 2.75) is 24.6 Å². The molecule has 0 bridgehead atoms. The van der Waals surface area contributed by atoms with E-state index in [2.05, 4.69) is 25.3 Å². The van der Waals surface area contributed by atoms with Crippen molar-refractivity contribution in [2.75, 3.05) is 23.1 Å². The first-order valence-corrected chi connectivity index (χ1v) is 15.0. The molecule has 3 aromatic carbocycles. The summed E-state index contributed by atoms with van der Waals surface area (Å²) in [6.07, 6.45) is 3.71. The van der Waals surface area contributed by atoms with E-state index in [-0.39, 0.29) is 28.6 Å². The van der Waals surface area contributed by atoms with Gasteiger partial charge in [0.15, 0.2) is 0 Å². The Bertz CT molecular complexity index is 1920. The van der Waals surface area contributed by atoms with Crippen LogP contribution in [-0.4, -0.2) is 42.1 Å². The van der Waals surface area contributed by atoms with Crippen LogP contribution in [0.5, 0.6) is 0 Å². The molecule has 0 aliphatic carbocycles. The molecule has 2 aromatic heterocycles. The monoisotopic (exact) mass is 572 g/mol. The maximum absolute atomic E-state index is 15.7. The minimum absolute atomic E-state index is 0.158. The van der Waals surface area contributed by atoms with Gasteiger partial charge < -0.3 is 10.6 Å². The molecule has 1 aliphatic heterocycles. The molecule has 210 valence electrons. The zero-order valence-corrected chi connectivity index (χ0v) is 23.2. The highest BCUT2D eigenvalue weighted by Gasteiger charge is 2.21. The molecule has 11 heteroatoms. The number of halogens is 1. The van der Waals surface area contributed by atoms with Crippen LogP contribution in [0.4, 0.5) is 16.0 Å². The van der Waals surface area contributed by atoms with Gasteiger partial charge in [0.1, 0.15) is 11.5 Å². The molecule has 1 saturated heterocycles. The van der Waals surface area contributed by atoms with Crippen molar-refractivity contribution in [1.29, 1.82) is 0 Å². The van der Waals surface area contributed by atoms with E-state index < -0.39 is 15.8 Å². The van der Waals surface area contributed by atoms with Crippen LogP contribution in [0, 0.1) is 5.82 Å². The van der Waals surface area contributed by atoms with Crippen molar-refractivity contribution in [3.05, 3.63) is 94.7 Å². The van der Waals surface area contributed by atoms with Crippen molar-refractivity contribution >= 4 is 43.5 Å². The molecule has 0 radical (unpaired) electrons. The number of rotatable bonds is 7. The highest BCUT2D eigenvalue weighted by Crippen LogP contribution is 2.36. The molecule has 9 nitrogen and oxygen atoms in total. The molecule has 6 rings (SSSR count). The molecular formula is C30H29FN6O3S. The van der Waals surface area contributed by atoms with E-state index in [1.807, 2.05) is 0 Å². The predicted molar refractivity (Wildman–Crippen MR) is 160 cm³/mol. The smallest absolute Gasteiger partial charge is 0.259 e. The molecular weight excluding hydrogens is 543 g/mol. The Labute approximate surface area is 236 Å². The van der Waals surface area contributed by atoms with Crippen LogP contribution < -0.4 is 20.9 Å². The molecule has 41 heavy (non-hydrogen) atoms. The maximum Gasteiger partial charge on any atom is 0.259 e. The van der Waals surface area contributed by atoms with Crippen molar-refractivity contribution in [3.63, 3.8) is 0 Å². The predicted octanol–water partition coefficient (Wildman–Crippen LogP) is 4.39. The Morgan fingerprint density at radius 2 is 1.80 bits per heavy atom. The van der Waals surface area contributed by atoms with E-state index in [9.17, 15) is 13.2 Å². The summed E-state index contributed by atoms with van der Waals surface area (Å²) in [6, 6.07) is 18.6. The molecule has 5 aromatic rings. The fourth-order valence-corrected chi connectivity index (χ4v) is 6.54. The number of piperidine rings is 1. The van der Waals surface area contributed by atoms with E-state index >= 15 is 4.39 Å². The number of pyridine rings is 1. The number of benzene rings is 3. The number of nitrogens with zero attached hydrogens (tertiary/aromatic N) is 3. The second-order valence-electron chi connectivity index (χ2n) is 10.3. The summed E-state index contributed by atoms with van der Waals surface area (Å²) in [7, 11) is -2.30. The zero-order chi connectivity index (χ0) is 28.6. The molecule has 3 heterocycles. The third-order valence-corrected chi connectivity index (χ3v) is 8.55. The van der Waals surface area contributed by atoms with E-state index in [4.69, 9.17) is 0 Å². The molecule has 1 fully saturated rings. The Kier molecular flexibility index (Phi) is 7.14. The topological polar surface area (TPSA) is 118 Å². The van der Waals surface area contributed by atoms with Crippen LogP contribution in [0.3, 0.4) is 0 Å². The lowest BCUT2D eigenvalue weighted by Gasteiger charge is -2.23. The van der Waals surface area contributed by atoms with E-state index in [0.29, 0.717) is 38.9 Å². The standard InChI is InChI=1S/C30H29FN6O3S/c1-37-28-20(16-33-30(35-28)34-21-10-7-13-32-17-21)14-25(29(37)38)24-15-26(31)27(23-12-6-5-11-22(23)24)36-41(39,40)18-19-8-3-2-4-9-19/h2-6,8-9,11-12,14-16,21,32,36H,7,10,13,17-18H2,1H3,(H,33,34,35)/t21-/m0/s1. The summed E-state index contributed by atoms with van der Waals surface area (Å²) in [6.45, 7) is 1.81. The van der Waals surface area contributed by atoms with Gasteiger partial charge >= 0.3 is 0 Å². The summed E-state index contributed by atoms with van der Waals surface area (Å²) in [5, 5.41) is 8.17. The van der Waals surface area contributed by atoms with Gasteiger partial charge in [0.2, 0.25) is 16.0 Å². The normalized spacial score (nSPS) is 15.7. The summed E-state index contributed by atoms with van der Waals surface area (Å²) < 4.78 is 45.5. The van der Waals surface area contributed by atoms with Crippen molar-refractivity contribution < 1.29 is 12.8 Å².